The van der Waals surface area contributed by atoms with Crippen LogP contribution in [0.4, 0.5) is 0 Å². The molecule has 0 aromatic rings. The molecule has 0 aromatic heterocycles. The fourth-order valence-corrected chi connectivity index (χ4v) is 2.49. The first kappa shape index (κ1) is 24.4. The molecule has 0 atom stereocenters. The standard InChI is InChI=1S/C23H44O2/c1-6-8-10-12-14-16-20-24-22(18-19-23(3,4)5)25-21-17-15-13-11-9-7-2/h8-11,22H,6-7,12-21H2,1-5H3/b10-8-,11-9-. The van der Waals surface area contributed by atoms with E-state index in [-0.39, 0.29) is 6.29 Å². The van der Waals surface area contributed by atoms with Crippen molar-refractivity contribution in [2.45, 2.75) is 105 Å². The van der Waals surface area contributed by atoms with Crippen molar-refractivity contribution in [2.75, 3.05) is 13.2 Å². The molecule has 0 radical (unpaired) electrons. The molecule has 148 valence electrons. The van der Waals surface area contributed by atoms with Gasteiger partial charge in [0.2, 0.25) is 0 Å². The van der Waals surface area contributed by atoms with Gasteiger partial charge in [0.25, 0.3) is 0 Å². The van der Waals surface area contributed by atoms with Crippen LogP contribution in [0.5, 0.6) is 0 Å². The third kappa shape index (κ3) is 19.6. The summed E-state index contributed by atoms with van der Waals surface area (Å²) in [5, 5.41) is 0. The molecular weight excluding hydrogens is 308 g/mol. The van der Waals surface area contributed by atoms with E-state index in [0.29, 0.717) is 5.41 Å². The van der Waals surface area contributed by atoms with Crippen molar-refractivity contribution >= 4 is 0 Å². The Morgan fingerprint density at radius 2 is 1.20 bits per heavy atom. The van der Waals surface area contributed by atoms with Gasteiger partial charge in [0.15, 0.2) is 6.29 Å². The third-order valence-corrected chi connectivity index (χ3v) is 4.07. The molecule has 0 aliphatic heterocycles. The van der Waals surface area contributed by atoms with Gasteiger partial charge in [-0.15, -0.1) is 0 Å². The first-order valence-electron chi connectivity index (χ1n) is 10.5. The van der Waals surface area contributed by atoms with Gasteiger partial charge >= 0.3 is 0 Å². The Bertz CT molecular complexity index is 301. The van der Waals surface area contributed by atoms with Crippen LogP contribution in [0.25, 0.3) is 0 Å². The zero-order chi connectivity index (χ0) is 18.8. The van der Waals surface area contributed by atoms with E-state index in [1.165, 1.54) is 12.8 Å². The number of unbranched alkanes of at least 4 members (excludes halogenated alkanes) is 4. The Labute approximate surface area is 158 Å². The Kier molecular flexibility index (Phi) is 16.4. The number of rotatable bonds is 16. The Morgan fingerprint density at radius 1 is 0.720 bits per heavy atom. The molecule has 0 rings (SSSR count). The second-order valence-corrected chi connectivity index (χ2v) is 8.02. The van der Waals surface area contributed by atoms with Crippen LogP contribution in [0.2, 0.25) is 0 Å². The summed E-state index contributed by atoms with van der Waals surface area (Å²) in [4.78, 5) is 0. The van der Waals surface area contributed by atoms with Crippen molar-refractivity contribution in [3.63, 3.8) is 0 Å². The number of hydrogen-bond acceptors (Lipinski definition) is 2. The molecule has 0 fully saturated rings. The van der Waals surface area contributed by atoms with Crippen molar-refractivity contribution in [2.24, 2.45) is 5.41 Å². The molecule has 0 unspecified atom stereocenters. The molecule has 0 saturated heterocycles. The van der Waals surface area contributed by atoms with Gasteiger partial charge in [-0.2, -0.15) is 0 Å². The molecule has 25 heavy (non-hydrogen) atoms. The van der Waals surface area contributed by atoms with E-state index in [9.17, 15) is 0 Å². The fourth-order valence-electron chi connectivity index (χ4n) is 2.49. The van der Waals surface area contributed by atoms with Crippen LogP contribution in [0, 0.1) is 5.41 Å². The lowest BCUT2D eigenvalue weighted by Gasteiger charge is -2.24. The zero-order valence-electron chi connectivity index (χ0n) is 17.7. The molecule has 0 saturated carbocycles. The minimum absolute atomic E-state index is 0.0309. The maximum Gasteiger partial charge on any atom is 0.157 e. The Morgan fingerprint density at radius 3 is 1.60 bits per heavy atom. The summed E-state index contributed by atoms with van der Waals surface area (Å²) < 4.78 is 12.1. The van der Waals surface area contributed by atoms with Gasteiger partial charge in [0.1, 0.15) is 0 Å². The summed E-state index contributed by atoms with van der Waals surface area (Å²) in [6.45, 7) is 12.8. The summed E-state index contributed by atoms with van der Waals surface area (Å²) in [6, 6.07) is 0. The number of ether oxygens (including phenoxy) is 2. The SMILES string of the molecule is CC/C=C\CCCCOC(CCC(C)(C)C)OCCCC/C=C\CC. The van der Waals surface area contributed by atoms with Crippen molar-refractivity contribution in [3.05, 3.63) is 24.3 Å². The summed E-state index contributed by atoms with van der Waals surface area (Å²) >= 11 is 0. The highest BCUT2D eigenvalue weighted by atomic mass is 16.7. The molecular formula is C23H44O2. The smallest absolute Gasteiger partial charge is 0.157 e. The van der Waals surface area contributed by atoms with Gasteiger partial charge in [0, 0.05) is 13.2 Å². The number of hydrogen-bond donors (Lipinski definition) is 0. The lowest BCUT2D eigenvalue weighted by molar-refractivity contribution is -0.150. The van der Waals surface area contributed by atoms with Crippen molar-refractivity contribution in [1.29, 1.82) is 0 Å². The predicted molar refractivity (Wildman–Crippen MR) is 111 cm³/mol. The summed E-state index contributed by atoms with van der Waals surface area (Å²) in [5.74, 6) is 0. The third-order valence-electron chi connectivity index (χ3n) is 4.07. The first-order chi connectivity index (χ1) is 12.0. The van der Waals surface area contributed by atoms with Crippen molar-refractivity contribution in [1.82, 2.24) is 0 Å². The second-order valence-electron chi connectivity index (χ2n) is 8.02. The summed E-state index contributed by atoms with van der Waals surface area (Å²) in [6.07, 6.45) is 20.4. The normalized spacial score (nSPS) is 12.9. The highest BCUT2D eigenvalue weighted by Crippen LogP contribution is 2.23. The topological polar surface area (TPSA) is 18.5 Å². The minimum atomic E-state index is -0.0309. The molecule has 2 nitrogen and oxygen atoms in total. The van der Waals surface area contributed by atoms with Gasteiger partial charge in [0.05, 0.1) is 0 Å². The van der Waals surface area contributed by atoms with Crippen LogP contribution in [0.1, 0.15) is 98.8 Å². The Hall–Kier alpha value is -0.600. The van der Waals surface area contributed by atoms with Crippen LogP contribution in [0.15, 0.2) is 24.3 Å². The molecule has 0 aliphatic carbocycles. The van der Waals surface area contributed by atoms with E-state index in [2.05, 4.69) is 58.9 Å². The highest BCUT2D eigenvalue weighted by molar-refractivity contribution is 4.80. The first-order valence-corrected chi connectivity index (χ1v) is 10.5. The average molecular weight is 353 g/mol. The largest absolute Gasteiger partial charge is 0.353 e. The molecule has 0 spiro atoms. The van der Waals surface area contributed by atoms with E-state index in [1.54, 1.807) is 0 Å². The minimum Gasteiger partial charge on any atom is -0.353 e. The second kappa shape index (κ2) is 16.8. The summed E-state index contributed by atoms with van der Waals surface area (Å²) in [5.41, 5.74) is 0.334. The predicted octanol–water partition coefficient (Wildman–Crippen LogP) is 7.45. The van der Waals surface area contributed by atoms with Crippen molar-refractivity contribution in [3.8, 4) is 0 Å². The quantitative estimate of drug-likeness (QED) is 0.163. The van der Waals surface area contributed by atoms with Crippen LogP contribution in [0.3, 0.4) is 0 Å². The maximum atomic E-state index is 6.03. The van der Waals surface area contributed by atoms with Crippen LogP contribution in [-0.4, -0.2) is 19.5 Å². The molecule has 0 N–H and O–H groups in total. The van der Waals surface area contributed by atoms with Gasteiger partial charge in [-0.1, -0.05) is 58.9 Å². The van der Waals surface area contributed by atoms with Crippen LogP contribution < -0.4 is 0 Å². The zero-order valence-corrected chi connectivity index (χ0v) is 17.7. The van der Waals surface area contributed by atoms with E-state index < -0.39 is 0 Å². The number of allylic oxidation sites excluding steroid dienone is 4. The maximum absolute atomic E-state index is 6.03. The fraction of sp³-hybridized carbons (Fsp3) is 0.826. The van der Waals surface area contributed by atoms with E-state index >= 15 is 0 Å². The van der Waals surface area contributed by atoms with E-state index in [0.717, 1.165) is 64.6 Å². The lowest BCUT2D eigenvalue weighted by atomic mass is 9.90. The van der Waals surface area contributed by atoms with Crippen LogP contribution >= 0.6 is 0 Å². The Balaban J connectivity index is 3.93. The van der Waals surface area contributed by atoms with Gasteiger partial charge in [-0.25, -0.2) is 0 Å². The van der Waals surface area contributed by atoms with Crippen molar-refractivity contribution < 1.29 is 9.47 Å². The van der Waals surface area contributed by atoms with Gasteiger partial charge in [-0.05, 0) is 69.6 Å². The highest BCUT2D eigenvalue weighted by Gasteiger charge is 2.16. The molecule has 0 aromatic carbocycles. The van der Waals surface area contributed by atoms with E-state index in [1.807, 2.05) is 0 Å². The lowest BCUT2D eigenvalue weighted by Crippen LogP contribution is -2.21. The monoisotopic (exact) mass is 352 g/mol. The summed E-state index contributed by atoms with van der Waals surface area (Å²) in [7, 11) is 0. The molecule has 0 heterocycles. The van der Waals surface area contributed by atoms with E-state index in [4.69, 9.17) is 9.47 Å². The van der Waals surface area contributed by atoms with Gasteiger partial charge in [-0.3, -0.25) is 0 Å². The average Bonchev–Trinajstić information content (AvgIpc) is 2.56. The molecule has 2 heteroatoms. The van der Waals surface area contributed by atoms with Crippen LogP contribution in [-0.2, 0) is 9.47 Å². The molecule has 0 aliphatic rings. The molecule has 0 amide bonds. The molecule has 0 bridgehead atoms. The van der Waals surface area contributed by atoms with Gasteiger partial charge < -0.3 is 9.47 Å².